The van der Waals surface area contributed by atoms with Crippen molar-refractivity contribution in [2.45, 2.75) is 33.1 Å². The molecular formula is C24H20ClF3N6O4. The monoisotopic (exact) mass is 548 g/mol. The highest BCUT2D eigenvalue weighted by atomic mass is 35.5. The number of rotatable bonds is 6. The molecule has 0 bridgehead atoms. The van der Waals surface area contributed by atoms with Crippen LogP contribution < -0.4 is 22.2 Å². The zero-order valence-electron chi connectivity index (χ0n) is 20.1. The molecule has 0 unspecified atom stereocenters. The summed E-state index contributed by atoms with van der Waals surface area (Å²) in [5.41, 5.74) is 6.97. The Bertz CT molecular complexity index is 1700. The molecule has 3 aromatic heterocycles. The Hall–Kier alpha value is -4.39. The lowest BCUT2D eigenvalue weighted by Gasteiger charge is -2.20. The fourth-order valence-corrected chi connectivity index (χ4v) is 4.01. The standard InChI is InChI=1S/C24H20ClF3N6O4/c1-10-6-14(12(3)31-16-4-5-17(25)32-18(16)22-33-23(36)38-34-22)21-15(7-10)19(35)11(2)20(37-21)13(8-29)9-30-24(26,27)28/h4-9,12,31H,29H2,1-3H3,(H,33,34,36)/t12-/m1/s1. The Labute approximate surface area is 217 Å². The lowest BCUT2D eigenvalue weighted by molar-refractivity contribution is -0.118. The molecule has 3 heterocycles. The summed E-state index contributed by atoms with van der Waals surface area (Å²) in [6.07, 6.45) is -3.46. The molecule has 0 aliphatic carbocycles. The Balaban J connectivity index is 1.85. The molecule has 0 aliphatic rings. The number of anilines is 1. The van der Waals surface area contributed by atoms with Gasteiger partial charge in [0.25, 0.3) is 0 Å². The van der Waals surface area contributed by atoms with Gasteiger partial charge in [-0.1, -0.05) is 22.8 Å². The van der Waals surface area contributed by atoms with Gasteiger partial charge in [-0.3, -0.25) is 14.3 Å². The number of aryl methyl sites for hydroxylation is 1. The van der Waals surface area contributed by atoms with Gasteiger partial charge in [0.1, 0.15) is 22.2 Å². The number of aromatic nitrogens is 3. The van der Waals surface area contributed by atoms with Crippen molar-refractivity contribution in [1.29, 1.82) is 0 Å². The molecule has 10 nitrogen and oxygen atoms in total. The van der Waals surface area contributed by atoms with Crippen LogP contribution in [0.15, 0.2) is 54.0 Å². The maximum absolute atomic E-state index is 13.2. The molecule has 1 atom stereocenters. The van der Waals surface area contributed by atoms with Crippen molar-refractivity contribution in [3.05, 3.63) is 78.8 Å². The summed E-state index contributed by atoms with van der Waals surface area (Å²) in [5.74, 6) is -0.898. The molecule has 14 heteroatoms. The van der Waals surface area contributed by atoms with E-state index in [1.165, 1.54) is 13.0 Å². The van der Waals surface area contributed by atoms with Gasteiger partial charge < -0.3 is 15.5 Å². The number of allylic oxidation sites excluding steroid dienone is 1. The minimum Gasteiger partial charge on any atom is -0.455 e. The molecule has 0 saturated carbocycles. The van der Waals surface area contributed by atoms with E-state index >= 15 is 0 Å². The first kappa shape index (κ1) is 26.7. The molecule has 0 spiro atoms. The van der Waals surface area contributed by atoms with Gasteiger partial charge in [0.2, 0.25) is 5.82 Å². The largest absolute Gasteiger partial charge is 0.503 e. The Morgan fingerprint density at radius 2 is 2.00 bits per heavy atom. The molecule has 1 aromatic carbocycles. The van der Waals surface area contributed by atoms with Crippen molar-refractivity contribution in [3.63, 3.8) is 0 Å². The van der Waals surface area contributed by atoms with Crippen LogP contribution in [0.25, 0.3) is 28.1 Å². The van der Waals surface area contributed by atoms with Gasteiger partial charge in [0, 0.05) is 23.5 Å². The number of alkyl halides is 3. The smallest absolute Gasteiger partial charge is 0.455 e. The number of nitrogens with zero attached hydrogens (tertiary/aromatic N) is 3. The molecule has 0 aliphatic heterocycles. The number of hydrogen-bond acceptors (Lipinski definition) is 9. The minimum atomic E-state index is -4.83. The lowest BCUT2D eigenvalue weighted by Crippen LogP contribution is -2.14. The fourth-order valence-electron chi connectivity index (χ4n) is 3.86. The second-order valence-electron chi connectivity index (χ2n) is 8.30. The maximum atomic E-state index is 13.2. The van der Waals surface area contributed by atoms with Crippen LogP contribution in [-0.2, 0) is 0 Å². The topological polar surface area (TPSA) is 152 Å². The summed E-state index contributed by atoms with van der Waals surface area (Å²) >= 11 is 6.04. The minimum absolute atomic E-state index is 0.0346. The third kappa shape index (κ3) is 5.47. The molecule has 0 amide bonds. The number of hydrogen-bond donors (Lipinski definition) is 3. The molecule has 4 aromatic rings. The predicted octanol–water partition coefficient (Wildman–Crippen LogP) is 4.86. The first-order valence-corrected chi connectivity index (χ1v) is 11.4. The number of pyridine rings is 1. The summed E-state index contributed by atoms with van der Waals surface area (Å²) in [7, 11) is 0. The third-order valence-corrected chi connectivity index (χ3v) is 5.76. The van der Waals surface area contributed by atoms with Gasteiger partial charge in [-0.05, 0) is 44.5 Å². The fraction of sp³-hybridized carbons (Fsp3) is 0.208. The van der Waals surface area contributed by atoms with Crippen molar-refractivity contribution < 1.29 is 22.1 Å². The van der Waals surface area contributed by atoms with Crippen LogP contribution in [0.3, 0.4) is 0 Å². The van der Waals surface area contributed by atoms with Crippen molar-refractivity contribution in [1.82, 2.24) is 15.1 Å². The zero-order chi connectivity index (χ0) is 27.8. The summed E-state index contributed by atoms with van der Waals surface area (Å²) in [6.45, 7) is 4.98. The van der Waals surface area contributed by atoms with Crippen molar-refractivity contribution in [2.75, 3.05) is 5.32 Å². The van der Waals surface area contributed by atoms with Crippen LogP contribution in [0.5, 0.6) is 0 Å². The summed E-state index contributed by atoms with van der Waals surface area (Å²) in [6, 6.07) is 5.97. The molecule has 0 radical (unpaired) electrons. The molecule has 4 N–H and O–H groups in total. The highest BCUT2D eigenvalue weighted by Gasteiger charge is 2.26. The van der Waals surface area contributed by atoms with Crippen molar-refractivity contribution >= 4 is 40.0 Å². The third-order valence-electron chi connectivity index (χ3n) is 5.55. The van der Waals surface area contributed by atoms with Crippen LogP contribution in [0.2, 0.25) is 5.15 Å². The number of nitrogens with two attached hydrogens (primary N) is 1. The molecule has 198 valence electrons. The quantitative estimate of drug-likeness (QED) is 0.175. The molecular weight excluding hydrogens is 529 g/mol. The van der Waals surface area contributed by atoms with E-state index in [1.807, 2.05) is 0 Å². The van der Waals surface area contributed by atoms with E-state index in [1.54, 1.807) is 32.0 Å². The van der Waals surface area contributed by atoms with E-state index < -0.39 is 23.5 Å². The van der Waals surface area contributed by atoms with E-state index in [4.69, 9.17) is 21.8 Å². The average Bonchev–Trinajstić information content (AvgIpc) is 3.28. The number of nitrogens with one attached hydrogen (secondary N) is 2. The van der Waals surface area contributed by atoms with Crippen molar-refractivity contribution in [3.8, 4) is 11.5 Å². The van der Waals surface area contributed by atoms with Gasteiger partial charge in [-0.2, -0.15) is 4.99 Å². The number of H-pyrrole nitrogens is 1. The Morgan fingerprint density at radius 3 is 2.63 bits per heavy atom. The summed E-state index contributed by atoms with van der Waals surface area (Å²) < 4.78 is 48.7. The van der Waals surface area contributed by atoms with Crippen LogP contribution in [0, 0.1) is 13.8 Å². The van der Waals surface area contributed by atoms with Gasteiger partial charge in [0.05, 0.1) is 22.7 Å². The SMILES string of the molecule is Cc1cc([C@@H](C)Nc2ccc(Cl)nc2-c2noc(=O)[nH]2)c2oc(C(C=NC(F)(F)F)=CN)c(C)c(=O)c2c1. The van der Waals surface area contributed by atoms with Gasteiger partial charge in [-0.25, -0.2) is 9.78 Å². The second kappa shape index (κ2) is 10.2. The van der Waals surface area contributed by atoms with E-state index in [0.717, 1.165) is 11.8 Å². The summed E-state index contributed by atoms with van der Waals surface area (Å²) in [4.78, 5) is 33.9. The van der Waals surface area contributed by atoms with Gasteiger partial charge in [0.15, 0.2) is 5.43 Å². The normalized spacial score (nSPS) is 13.4. The number of fused-ring (bicyclic) bond motifs is 1. The van der Waals surface area contributed by atoms with E-state index in [0.29, 0.717) is 17.5 Å². The van der Waals surface area contributed by atoms with E-state index in [2.05, 4.69) is 30.0 Å². The van der Waals surface area contributed by atoms with E-state index in [-0.39, 0.29) is 44.5 Å². The molecule has 0 saturated heterocycles. The average molecular weight is 549 g/mol. The Morgan fingerprint density at radius 1 is 1.26 bits per heavy atom. The molecule has 4 rings (SSSR count). The van der Waals surface area contributed by atoms with Crippen LogP contribution in [0.1, 0.15) is 35.4 Å². The highest BCUT2D eigenvalue weighted by Crippen LogP contribution is 2.33. The van der Waals surface area contributed by atoms with E-state index in [9.17, 15) is 22.8 Å². The van der Waals surface area contributed by atoms with Crippen LogP contribution in [0.4, 0.5) is 18.9 Å². The molecule has 38 heavy (non-hydrogen) atoms. The second-order valence-corrected chi connectivity index (χ2v) is 8.69. The van der Waals surface area contributed by atoms with Crippen molar-refractivity contribution in [2.24, 2.45) is 10.7 Å². The summed E-state index contributed by atoms with van der Waals surface area (Å²) in [5, 5.41) is 7.24. The zero-order valence-corrected chi connectivity index (χ0v) is 20.9. The van der Waals surface area contributed by atoms with Crippen LogP contribution in [-0.4, -0.2) is 27.6 Å². The first-order valence-electron chi connectivity index (χ1n) is 11.0. The Kier molecular flexibility index (Phi) is 7.14. The molecule has 0 fully saturated rings. The lowest BCUT2D eigenvalue weighted by atomic mass is 9.99. The van der Waals surface area contributed by atoms with Gasteiger partial charge in [-0.15, -0.1) is 13.2 Å². The number of aliphatic imine (C=N–C) groups is 1. The van der Waals surface area contributed by atoms with Gasteiger partial charge >= 0.3 is 12.1 Å². The first-order chi connectivity index (χ1) is 17.9. The van der Waals surface area contributed by atoms with Crippen LogP contribution >= 0.6 is 11.6 Å². The predicted molar refractivity (Wildman–Crippen MR) is 136 cm³/mol. The number of benzene rings is 1. The number of halogens is 4. The maximum Gasteiger partial charge on any atom is 0.503 e. The number of aromatic amines is 1. The highest BCUT2D eigenvalue weighted by molar-refractivity contribution is 6.29.